The van der Waals surface area contributed by atoms with Gasteiger partial charge in [0.05, 0.1) is 0 Å². The minimum Gasteiger partial charge on any atom is -0.462 e. The molecule has 0 aliphatic heterocycles. The average Bonchev–Trinajstić information content (AvgIpc) is 3.47. The van der Waals surface area contributed by atoms with E-state index < -0.39 is 6.10 Å². The van der Waals surface area contributed by atoms with Crippen LogP contribution in [0.3, 0.4) is 0 Å². The van der Waals surface area contributed by atoms with Crippen LogP contribution in [-0.2, 0) is 28.6 Å². The zero-order valence-corrected chi connectivity index (χ0v) is 53.3. The molecular formula is C75H128O6. The average molecular weight is 1130 g/mol. The number of ether oxygens (including phenoxy) is 3. The molecule has 0 spiro atoms. The van der Waals surface area contributed by atoms with E-state index in [1.807, 2.05) is 0 Å². The number of hydrogen-bond acceptors (Lipinski definition) is 6. The highest BCUT2D eigenvalue weighted by Crippen LogP contribution is 2.18. The summed E-state index contributed by atoms with van der Waals surface area (Å²) in [5.74, 6) is -0.962. The van der Waals surface area contributed by atoms with E-state index in [9.17, 15) is 14.4 Å². The van der Waals surface area contributed by atoms with Gasteiger partial charge in [-0.3, -0.25) is 14.4 Å². The minimum atomic E-state index is -0.799. The summed E-state index contributed by atoms with van der Waals surface area (Å²) in [6, 6.07) is 0. The lowest BCUT2D eigenvalue weighted by atomic mass is 10.0. The van der Waals surface area contributed by atoms with Crippen LogP contribution in [0.25, 0.3) is 0 Å². The van der Waals surface area contributed by atoms with Crippen molar-refractivity contribution >= 4 is 17.9 Å². The molecule has 0 saturated heterocycles. The molecule has 0 fully saturated rings. The van der Waals surface area contributed by atoms with E-state index in [2.05, 4.69) is 130 Å². The number of esters is 3. The first-order valence-corrected chi connectivity index (χ1v) is 34.4. The Labute approximate surface area is 501 Å². The molecular weight excluding hydrogens is 997 g/mol. The van der Waals surface area contributed by atoms with E-state index in [1.54, 1.807) is 0 Å². The first kappa shape index (κ1) is 77.1. The zero-order chi connectivity index (χ0) is 58.5. The van der Waals surface area contributed by atoms with Gasteiger partial charge >= 0.3 is 17.9 Å². The number of hydrogen-bond donors (Lipinski definition) is 0. The molecule has 0 aromatic heterocycles. The minimum absolute atomic E-state index is 0.0953. The molecule has 81 heavy (non-hydrogen) atoms. The van der Waals surface area contributed by atoms with Gasteiger partial charge in [0.15, 0.2) is 6.10 Å². The fraction of sp³-hybridized carbons (Fsp3) is 0.720. The molecule has 0 aromatic rings. The number of carbonyl (C=O) groups excluding carboxylic acids is 3. The second-order valence-electron chi connectivity index (χ2n) is 22.7. The molecule has 0 bridgehead atoms. The molecule has 0 aliphatic rings. The van der Waals surface area contributed by atoms with Crippen molar-refractivity contribution in [2.45, 2.75) is 335 Å². The SMILES string of the molecule is CC/C=C\C/C=C\C/C=C\C/C=C\C/C=C\C/C=C\C/C=C\C/C=C\C/C=C\CCCC(=O)OCC(COC(=O)CCCCCCC)OC(=O)CCCCCCCCCCCCCCCCCCCCCCCCCCCCCCC. The van der Waals surface area contributed by atoms with Crippen molar-refractivity contribution in [3.63, 3.8) is 0 Å². The largest absolute Gasteiger partial charge is 0.462 e. The van der Waals surface area contributed by atoms with Crippen LogP contribution in [-0.4, -0.2) is 37.2 Å². The first-order valence-electron chi connectivity index (χ1n) is 34.4. The van der Waals surface area contributed by atoms with E-state index in [0.29, 0.717) is 19.3 Å². The summed E-state index contributed by atoms with van der Waals surface area (Å²) in [6.07, 6.45) is 94.7. The van der Waals surface area contributed by atoms with Crippen molar-refractivity contribution in [3.8, 4) is 0 Å². The van der Waals surface area contributed by atoms with Gasteiger partial charge in [-0.1, -0.05) is 336 Å². The van der Waals surface area contributed by atoms with E-state index >= 15 is 0 Å². The highest BCUT2D eigenvalue weighted by atomic mass is 16.6. The van der Waals surface area contributed by atoms with Gasteiger partial charge in [0, 0.05) is 19.3 Å². The molecule has 6 heteroatoms. The fourth-order valence-electron chi connectivity index (χ4n) is 9.68. The Kier molecular flexibility index (Phi) is 65.2. The summed E-state index contributed by atoms with van der Waals surface area (Å²) in [5.41, 5.74) is 0. The normalized spacial score (nSPS) is 12.8. The van der Waals surface area contributed by atoms with Crippen molar-refractivity contribution in [1.29, 1.82) is 0 Å². The molecule has 0 aliphatic carbocycles. The quantitative estimate of drug-likeness (QED) is 0.0261. The Bertz CT molecular complexity index is 1620. The molecule has 0 N–H and O–H groups in total. The Morgan fingerprint density at radius 2 is 0.481 bits per heavy atom. The summed E-state index contributed by atoms with van der Waals surface area (Å²) >= 11 is 0. The predicted octanol–water partition coefficient (Wildman–Crippen LogP) is 23.8. The summed E-state index contributed by atoms with van der Waals surface area (Å²) in [4.78, 5) is 38.0. The van der Waals surface area contributed by atoms with Gasteiger partial charge in [0.25, 0.3) is 0 Å². The number of allylic oxidation sites excluding steroid dienone is 18. The summed E-state index contributed by atoms with van der Waals surface area (Å²) in [5, 5.41) is 0. The van der Waals surface area contributed by atoms with Gasteiger partial charge < -0.3 is 14.2 Å². The van der Waals surface area contributed by atoms with Crippen LogP contribution < -0.4 is 0 Å². The Hall–Kier alpha value is -3.93. The Morgan fingerprint density at radius 1 is 0.259 bits per heavy atom. The van der Waals surface area contributed by atoms with Crippen LogP contribution in [0.4, 0.5) is 0 Å². The van der Waals surface area contributed by atoms with Crippen molar-refractivity contribution in [1.82, 2.24) is 0 Å². The molecule has 0 heterocycles. The van der Waals surface area contributed by atoms with E-state index in [4.69, 9.17) is 14.2 Å². The lowest BCUT2D eigenvalue weighted by Gasteiger charge is -2.18. The molecule has 6 nitrogen and oxygen atoms in total. The molecule has 0 amide bonds. The summed E-state index contributed by atoms with van der Waals surface area (Å²) in [6.45, 7) is 6.42. The third-order valence-corrected chi connectivity index (χ3v) is 14.8. The van der Waals surface area contributed by atoms with Gasteiger partial charge in [-0.2, -0.15) is 0 Å². The van der Waals surface area contributed by atoms with Crippen LogP contribution in [0.15, 0.2) is 109 Å². The van der Waals surface area contributed by atoms with Crippen LogP contribution >= 0.6 is 0 Å². The first-order chi connectivity index (χ1) is 40.0. The maximum absolute atomic E-state index is 12.9. The van der Waals surface area contributed by atoms with E-state index in [-0.39, 0.29) is 37.5 Å². The van der Waals surface area contributed by atoms with Crippen LogP contribution in [0.1, 0.15) is 329 Å². The highest BCUT2D eigenvalue weighted by molar-refractivity contribution is 5.71. The van der Waals surface area contributed by atoms with Gasteiger partial charge in [-0.05, 0) is 83.5 Å². The van der Waals surface area contributed by atoms with Gasteiger partial charge in [-0.15, -0.1) is 0 Å². The Morgan fingerprint density at radius 3 is 0.753 bits per heavy atom. The van der Waals surface area contributed by atoms with Crippen molar-refractivity contribution in [3.05, 3.63) is 109 Å². The topological polar surface area (TPSA) is 78.9 Å². The maximum Gasteiger partial charge on any atom is 0.306 e. The molecule has 0 aromatic carbocycles. The molecule has 0 saturated carbocycles. The third kappa shape index (κ3) is 66.8. The number of unbranched alkanes of at least 4 members (excludes halogenated alkanes) is 33. The lowest BCUT2D eigenvalue weighted by Crippen LogP contribution is -2.30. The van der Waals surface area contributed by atoms with Crippen LogP contribution in [0, 0.1) is 0 Å². The van der Waals surface area contributed by atoms with Gasteiger partial charge in [0.2, 0.25) is 0 Å². The highest BCUT2D eigenvalue weighted by Gasteiger charge is 2.19. The Balaban J connectivity index is 4.09. The number of rotatable bonds is 62. The van der Waals surface area contributed by atoms with Crippen LogP contribution in [0.5, 0.6) is 0 Å². The van der Waals surface area contributed by atoms with Gasteiger partial charge in [-0.25, -0.2) is 0 Å². The molecule has 1 unspecified atom stereocenters. The summed E-state index contributed by atoms with van der Waals surface area (Å²) < 4.78 is 16.7. The van der Waals surface area contributed by atoms with E-state index in [1.165, 1.54) is 167 Å². The van der Waals surface area contributed by atoms with Crippen molar-refractivity contribution in [2.24, 2.45) is 0 Å². The van der Waals surface area contributed by atoms with Gasteiger partial charge in [0.1, 0.15) is 13.2 Å². The summed E-state index contributed by atoms with van der Waals surface area (Å²) in [7, 11) is 0. The van der Waals surface area contributed by atoms with Crippen molar-refractivity contribution in [2.75, 3.05) is 13.2 Å². The lowest BCUT2D eigenvalue weighted by molar-refractivity contribution is -0.167. The number of carbonyl (C=O) groups is 3. The maximum atomic E-state index is 12.9. The molecule has 0 radical (unpaired) electrons. The third-order valence-electron chi connectivity index (χ3n) is 14.8. The standard InChI is InChI=1S/C75H128O6/c1-4-7-10-13-15-17-19-21-23-25-27-29-31-33-35-37-39-41-43-45-47-49-51-53-55-57-59-62-65-68-74(77)80-71-72(70-79-73(76)67-64-61-12-9-6-3)81-75(78)69-66-63-60-58-56-54-52-50-48-46-44-42-40-38-36-34-32-30-28-26-24-22-20-18-16-14-11-8-5-2/h7,10,15,17,21,23,27,29,33,35,39,41,45,47,51,53,57,59,72H,4-6,8-9,11-14,16,18-20,22,24-26,28,30-32,34,36-38,40,42-44,46,48-50,52,54-56,58,60-71H2,1-3H3/b10-7-,17-15-,23-21-,29-27-,35-33-,41-39-,47-45-,53-51-,59-57-. The van der Waals surface area contributed by atoms with Crippen molar-refractivity contribution < 1.29 is 28.6 Å². The van der Waals surface area contributed by atoms with Crippen LogP contribution in [0.2, 0.25) is 0 Å². The second kappa shape index (κ2) is 68.6. The molecule has 0 rings (SSSR count). The van der Waals surface area contributed by atoms with E-state index in [0.717, 1.165) is 116 Å². The predicted molar refractivity (Wildman–Crippen MR) is 353 cm³/mol. The zero-order valence-electron chi connectivity index (χ0n) is 53.3. The molecule has 464 valence electrons. The monoisotopic (exact) mass is 1120 g/mol. The second-order valence-corrected chi connectivity index (χ2v) is 22.7. The fourth-order valence-corrected chi connectivity index (χ4v) is 9.68. The molecule has 1 atom stereocenters. The smallest absolute Gasteiger partial charge is 0.306 e.